The van der Waals surface area contributed by atoms with E-state index in [1.807, 2.05) is 13.8 Å². The molecule has 0 fully saturated rings. The maximum atomic E-state index is 13.2. The summed E-state index contributed by atoms with van der Waals surface area (Å²) in [4.78, 5) is 24.6. The summed E-state index contributed by atoms with van der Waals surface area (Å²) >= 11 is 1.47. The van der Waals surface area contributed by atoms with Crippen molar-refractivity contribution < 1.29 is 24.2 Å². The molecule has 1 unspecified atom stereocenters. The molecule has 0 radical (unpaired) electrons. The van der Waals surface area contributed by atoms with Crippen molar-refractivity contribution in [3.63, 3.8) is 0 Å². The molecule has 3 rings (SSSR count). The Balaban J connectivity index is 1.97. The van der Waals surface area contributed by atoms with Gasteiger partial charge in [-0.15, -0.1) is 0 Å². The molecule has 29 heavy (non-hydrogen) atoms. The van der Waals surface area contributed by atoms with Crippen LogP contribution in [0, 0.1) is 5.82 Å². The van der Waals surface area contributed by atoms with Crippen molar-refractivity contribution >= 4 is 23.7 Å². The van der Waals surface area contributed by atoms with E-state index >= 15 is 0 Å². The fraction of sp³-hybridized carbons (Fsp3) is 0.350. The third-order valence-electron chi connectivity index (χ3n) is 4.98. The molecule has 0 bridgehead atoms. The van der Waals surface area contributed by atoms with Gasteiger partial charge in [0.15, 0.2) is 0 Å². The van der Waals surface area contributed by atoms with E-state index in [1.165, 1.54) is 23.9 Å². The minimum Gasteiger partial charge on any atom is -0.478 e. The van der Waals surface area contributed by atoms with Crippen LogP contribution in [0.4, 0.5) is 4.39 Å². The highest BCUT2D eigenvalue weighted by atomic mass is 32.2. The molecule has 1 aromatic carbocycles. The number of carboxylic acids is 2. The van der Waals surface area contributed by atoms with Crippen molar-refractivity contribution in [1.29, 1.82) is 0 Å². The van der Waals surface area contributed by atoms with Crippen LogP contribution in [-0.4, -0.2) is 37.5 Å². The first-order valence-corrected chi connectivity index (χ1v) is 10.0. The first-order valence-electron chi connectivity index (χ1n) is 9.21. The topological polar surface area (TPSA) is 118 Å². The maximum Gasteiger partial charge on any atom is 0.334 e. The van der Waals surface area contributed by atoms with Crippen molar-refractivity contribution in [1.82, 2.24) is 9.78 Å². The van der Waals surface area contributed by atoms with Gasteiger partial charge in [0.1, 0.15) is 5.82 Å². The lowest BCUT2D eigenvalue weighted by Crippen LogP contribution is -2.56. The Morgan fingerprint density at radius 3 is 2.38 bits per heavy atom. The third kappa shape index (κ3) is 3.92. The molecule has 4 N–H and O–H groups in total. The molecule has 9 heteroatoms. The second-order valence-corrected chi connectivity index (χ2v) is 8.02. The van der Waals surface area contributed by atoms with Crippen LogP contribution < -0.4 is 5.73 Å². The van der Waals surface area contributed by atoms with Crippen LogP contribution in [-0.2, 0) is 29.0 Å². The summed E-state index contributed by atoms with van der Waals surface area (Å²) in [5.74, 6) is -2.90. The van der Waals surface area contributed by atoms with Gasteiger partial charge in [0.2, 0.25) is 0 Å². The van der Waals surface area contributed by atoms with Gasteiger partial charge in [0, 0.05) is 11.3 Å². The molecule has 1 atom stereocenters. The van der Waals surface area contributed by atoms with Crippen LogP contribution in [0.25, 0.3) is 0 Å². The predicted molar refractivity (Wildman–Crippen MR) is 105 cm³/mol. The molecule has 2 aromatic rings. The lowest BCUT2D eigenvalue weighted by Gasteiger charge is -2.39. The SMILES string of the molecule is CCc1nn(CC2(N)CC(C(=O)O)=C2C(=O)O)c(CC)c1Sc1ccc(F)cc1. The van der Waals surface area contributed by atoms with E-state index in [-0.39, 0.29) is 29.9 Å². The molecular weight excluding hydrogens is 397 g/mol. The Morgan fingerprint density at radius 2 is 1.86 bits per heavy atom. The van der Waals surface area contributed by atoms with E-state index in [0.29, 0.717) is 12.8 Å². The molecule has 0 saturated heterocycles. The number of aromatic nitrogens is 2. The zero-order valence-corrected chi connectivity index (χ0v) is 16.9. The molecule has 1 aromatic heterocycles. The quantitative estimate of drug-likeness (QED) is 0.602. The number of rotatable bonds is 8. The van der Waals surface area contributed by atoms with E-state index in [9.17, 15) is 24.2 Å². The number of benzene rings is 1. The zero-order chi connectivity index (χ0) is 21.3. The Morgan fingerprint density at radius 1 is 1.21 bits per heavy atom. The monoisotopic (exact) mass is 419 g/mol. The average Bonchev–Trinajstić information content (AvgIpc) is 2.97. The van der Waals surface area contributed by atoms with Crippen molar-refractivity contribution in [2.45, 2.75) is 55.0 Å². The first kappa shape index (κ1) is 21.1. The number of aliphatic carboxylic acids is 2. The first-order chi connectivity index (χ1) is 13.7. The Labute approximate surface area is 171 Å². The van der Waals surface area contributed by atoms with Gasteiger partial charge < -0.3 is 15.9 Å². The number of nitrogens with two attached hydrogens (primary N) is 1. The van der Waals surface area contributed by atoms with E-state index in [1.54, 1.807) is 16.8 Å². The van der Waals surface area contributed by atoms with Crippen LogP contribution in [0.5, 0.6) is 0 Å². The Hall–Kier alpha value is -2.65. The molecule has 0 amide bonds. The van der Waals surface area contributed by atoms with Crippen LogP contribution in [0.15, 0.2) is 45.2 Å². The highest BCUT2D eigenvalue weighted by molar-refractivity contribution is 7.99. The normalized spacial score (nSPS) is 18.6. The molecule has 1 heterocycles. The molecule has 1 aliphatic carbocycles. The van der Waals surface area contributed by atoms with Crippen molar-refractivity contribution in [3.05, 3.63) is 52.6 Å². The Bertz CT molecular complexity index is 1000. The number of halogens is 1. The van der Waals surface area contributed by atoms with Gasteiger partial charge in [-0.25, -0.2) is 14.0 Å². The largest absolute Gasteiger partial charge is 0.478 e. The smallest absolute Gasteiger partial charge is 0.334 e. The number of aryl methyl sites for hydroxylation is 1. The van der Waals surface area contributed by atoms with Crippen LogP contribution in [0.3, 0.4) is 0 Å². The lowest BCUT2D eigenvalue weighted by molar-refractivity contribution is -0.138. The summed E-state index contributed by atoms with van der Waals surface area (Å²) in [6.07, 6.45) is 1.25. The molecule has 7 nitrogen and oxygen atoms in total. The number of carbonyl (C=O) groups is 2. The molecule has 154 valence electrons. The number of nitrogens with zero attached hydrogens (tertiary/aromatic N) is 2. The number of hydrogen-bond donors (Lipinski definition) is 3. The average molecular weight is 419 g/mol. The third-order valence-corrected chi connectivity index (χ3v) is 6.16. The lowest BCUT2D eigenvalue weighted by atomic mass is 9.70. The highest BCUT2D eigenvalue weighted by Gasteiger charge is 2.49. The van der Waals surface area contributed by atoms with Gasteiger partial charge in [-0.3, -0.25) is 4.68 Å². The van der Waals surface area contributed by atoms with Gasteiger partial charge in [-0.2, -0.15) is 5.10 Å². The fourth-order valence-corrected chi connectivity index (χ4v) is 4.77. The molecule has 0 saturated carbocycles. The number of carboxylic acid groups (broad SMARTS) is 2. The summed E-state index contributed by atoms with van der Waals surface area (Å²) in [5.41, 5.74) is 6.28. The number of hydrogen-bond acceptors (Lipinski definition) is 5. The van der Waals surface area contributed by atoms with Crippen LogP contribution >= 0.6 is 11.8 Å². The minimum atomic E-state index is -1.32. The maximum absolute atomic E-state index is 13.2. The van der Waals surface area contributed by atoms with Crippen molar-refractivity contribution in [2.24, 2.45) is 5.73 Å². The van der Waals surface area contributed by atoms with Gasteiger partial charge in [0.25, 0.3) is 0 Å². The van der Waals surface area contributed by atoms with Crippen molar-refractivity contribution in [3.8, 4) is 0 Å². The van der Waals surface area contributed by atoms with E-state index in [0.717, 1.165) is 21.2 Å². The molecular formula is C20H22FN3O4S. The standard InChI is InChI=1S/C20H22FN3O4S/c1-3-14-17(29-12-7-5-11(21)6-8-12)15(4-2)24(23-14)10-20(22)9-13(18(25)26)16(20)19(27)28/h5-8H,3-4,9-10,22H2,1-2H3,(H,25,26)(H,27,28). The van der Waals surface area contributed by atoms with Gasteiger partial charge in [0.05, 0.1) is 39.5 Å². The summed E-state index contributed by atoms with van der Waals surface area (Å²) in [7, 11) is 0. The summed E-state index contributed by atoms with van der Waals surface area (Å²) in [6, 6.07) is 6.17. The minimum absolute atomic E-state index is 0.0329. The van der Waals surface area contributed by atoms with E-state index in [4.69, 9.17) is 5.73 Å². The zero-order valence-electron chi connectivity index (χ0n) is 16.1. The van der Waals surface area contributed by atoms with Gasteiger partial charge >= 0.3 is 11.9 Å². The van der Waals surface area contributed by atoms with Gasteiger partial charge in [-0.1, -0.05) is 25.6 Å². The summed E-state index contributed by atoms with van der Waals surface area (Å²) < 4.78 is 14.9. The second-order valence-electron chi connectivity index (χ2n) is 6.94. The van der Waals surface area contributed by atoms with E-state index in [2.05, 4.69) is 5.10 Å². The molecule has 1 aliphatic rings. The summed E-state index contributed by atoms with van der Waals surface area (Å²) in [6.45, 7) is 4.00. The van der Waals surface area contributed by atoms with Crippen LogP contribution in [0.1, 0.15) is 31.7 Å². The summed E-state index contributed by atoms with van der Waals surface area (Å²) in [5, 5.41) is 23.3. The van der Waals surface area contributed by atoms with E-state index < -0.39 is 17.5 Å². The van der Waals surface area contributed by atoms with Crippen LogP contribution in [0.2, 0.25) is 0 Å². The Kier molecular flexibility index (Phi) is 5.81. The van der Waals surface area contributed by atoms with Gasteiger partial charge in [-0.05, 0) is 37.1 Å². The highest BCUT2D eigenvalue weighted by Crippen LogP contribution is 2.40. The second kappa shape index (κ2) is 8.00. The molecule has 0 aliphatic heterocycles. The van der Waals surface area contributed by atoms with Crippen molar-refractivity contribution in [2.75, 3.05) is 0 Å². The molecule has 0 spiro atoms. The fourth-order valence-electron chi connectivity index (χ4n) is 3.59. The predicted octanol–water partition coefficient (Wildman–Crippen LogP) is 2.87.